The third-order valence-corrected chi connectivity index (χ3v) is 5.60. The average molecular weight is 494 g/mol. The number of hydrogen-bond acceptors (Lipinski definition) is 6. The molecule has 13 heteroatoms. The molecule has 2 aromatic carbocycles. The van der Waals surface area contributed by atoms with Gasteiger partial charge in [-0.3, -0.25) is 4.79 Å². The van der Waals surface area contributed by atoms with Crippen molar-refractivity contribution < 1.29 is 26.4 Å². The number of nitrogens with zero attached hydrogens (tertiary/aromatic N) is 3. The maximum Gasteiger partial charge on any atom is 0.417 e. The molecule has 178 valence electrons. The fraction of sp³-hybridized carbons (Fsp3) is 0.190. The number of halogens is 3. The normalized spacial score (nSPS) is 12.2. The van der Waals surface area contributed by atoms with Gasteiger partial charge in [0.05, 0.1) is 22.7 Å². The van der Waals surface area contributed by atoms with Crippen molar-refractivity contribution in [2.75, 3.05) is 6.26 Å². The molecule has 0 saturated heterocycles. The summed E-state index contributed by atoms with van der Waals surface area (Å²) in [6, 6.07) is 11.7. The lowest BCUT2D eigenvalue weighted by molar-refractivity contribution is -0.137. The van der Waals surface area contributed by atoms with Crippen LogP contribution < -0.4 is 16.1 Å². The van der Waals surface area contributed by atoms with Gasteiger partial charge in [-0.2, -0.15) is 13.2 Å². The van der Waals surface area contributed by atoms with Gasteiger partial charge in [0.25, 0.3) is 5.56 Å². The zero-order valence-electron chi connectivity index (χ0n) is 17.5. The van der Waals surface area contributed by atoms with Crippen LogP contribution in [0.5, 0.6) is 0 Å². The van der Waals surface area contributed by atoms with Crippen molar-refractivity contribution in [2.24, 2.45) is 0 Å². The maximum absolute atomic E-state index is 13.9. The fourth-order valence-corrected chi connectivity index (χ4v) is 4.10. The third kappa shape index (κ3) is 4.73. The SMILES string of the molecule is CS(=O)(=O)Cn1c(=O)[nH]c2cc(C(F)(F)F)c(-c3ccnn3OCc3ccccc3)cc2c1=O. The van der Waals surface area contributed by atoms with Crippen LogP contribution in [0.4, 0.5) is 13.2 Å². The van der Waals surface area contributed by atoms with Crippen LogP contribution in [-0.2, 0) is 28.5 Å². The molecule has 2 aromatic heterocycles. The van der Waals surface area contributed by atoms with Gasteiger partial charge in [0.15, 0.2) is 9.84 Å². The molecule has 0 aliphatic rings. The van der Waals surface area contributed by atoms with E-state index in [1.165, 1.54) is 12.3 Å². The van der Waals surface area contributed by atoms with Crippen molar-refractivity contribution in [2.45, 2.75) is 18.7 Å². The highest BCUT2D eigenvalue weighted by Gasteiger charge is 2.35. The van der Waals surface area contributed by atoms with E-state index in [1.807, 2.05) is 0 Å². The molecule has 1 N–H and O–H groups in total. The Labute approximate surface area is 189 Å². The van der Waals surface area contributed by atoms with E-state index in [4.69, 9.17) is 4.84 Å². The quantitative estimate of drug-likeness (QED) is 0.439. The van der Waals surface area contributed by atoms with Crippen molar-refractivity contribution in [1.82, 2.24) is 19.5 Å². The summed E-state index contributed by atoms with van der Waals surface area (Å²) in [6.07, 6.45) is -2.79. The van der Waals surface area contributed by atoms with E-state index < -0.39 is 44.3 Å². The van der Waals surface area contributed by atoms with Gasteiger partial charge in [-0.05, 0) is 23.8 Å². The molecule has 4 rings (SSSR count). The molecule has 4 aromatic rings. The summed E-state index contributed by atoms with van der Waals surface area (Å²) in [4.78, 5) is 33.7. The molecular formula is C21H17F3N4O5S. The molecule has 0 fully saturated rings. The number of aromatic amines is 1. The number of sulfone groups is 1. The average Bonchev–Trinajstić information content (AvgIpc) is 3.22. The first kappa shape index (κ1) is 23.3. The Morgan fingerprint density at radius 3 is 2.44 bits per heavy atom. The lowest BCUT2D eigenvalue weighted by Crippen LogP contribution is -2.37. The van der Waals surface area contributed by atoms with Crippen LogP contribution in [0.15, 0.2) is 64.3 Å². The number of rotatable bonds is 6. The molecule has 0 bridgehead atoms. The minimum atomic E-state index is -4.85. The van der Waals surface area contributed by atoms with E-state index in [9.17, 15) is 31.2 Å². The Hall–Kier alpha value is -3.87. The molecule has 0 spiro atoms. The molecule has 34 heavy (non-hydrogen) atoms. The van der Waals surface area contributed by atoms with Crippen molar-refractivity contribution in [3.8, 4) is 11.3 Å². The molecule has 0 radical (unpaired) electrons. The van der Waals surface area contributed by atoms with E-state index in [0.29, 0.717) is 10.6 Å². The second kappa shape index (κ2) is 8.48. The van der Waals surface area contributed by atoms with E-state index in [2.05, 4.69) is 10.1 Å². The number of H-pyrrole nitrogens is 1. The van der Waals surface area contributed by atoms with Gasteiger partial charge in [-0.1, -0.05) is 35.2 Å². The van der Waals surface area contributed by atoms with Crippen LogP contribution in [-0.4, -0.2) is 34.2 Å². The van der Waals surface area contributed by atoms with Gasteiger partial charge in [0.1, 0.15) is 18.2 Å². The third-order valence-electron chi connectivity index (χ3n) is 4.87. The molecule has 0 atom stereocenters. The van der Waals surface area contributed by atoms with E-state index in [1.54, 1.807) is 30.3 Å². The smallest absolute Gasteiger partial charge is 0.391 e. The number of benzene rings is 2. The number of hydrogen-bond donors (Lipinski definition) is 1. The number of alkyl halides is 3. The minimum absolute atomic E-state index is 0.0128. The zero-order valence-corrected chi connectivity index (χ0v) is 18.4. The first-order chi connectivity index (χ1) is 15.9. The number of aromatic nitrogens is 4. The van der Waals surface area contributed by atoms with Crippen molar-refractivity contribution in [1.29, 1.82) is 0 Å². The topological polar surface area (TPSA) is 116 Å². The number of nitrogens with one attached hydrogen (secondary N) is 1. The van der Waals surface area contributed by atoms with Gasteiger partial charge in [0, 0.05) is 11.8 Å². The fourth-order valence-electron chi connectivity index (χ4n) is 3.39. The molecule has 0 aliphatic heterocycles. The summed E-state index contributed by atoms with van der Waals surface area (Å²) < 4.78 is 65.4. The minimum Gasteiger partial charge on any atom is -0.391 e. The van der Waals surface area contributed by atoms with E-state index in [-0.39, 0.29) is 23.2 Å². The van der Waals surface area contributed by atoms with Gasteiger partial charge < -0.3 is 9.82 Å². The van der Waals surface area contributed by atoms with Crippen molar-refractivity contribution in [3.63, 3.8) is 0 Å². The van der Waals surface area contributed by atoms with Crippen LogP contribution in [0.3, 0.4) is 0 Å². The van der Waals surface area contributed by atoms with Crippen LogP contribution in [0.1, 0.15) is 11.1 Å². The Balaban J connectivity index is 1.89. The van der Waals surface area contributed by atoms with Gasteiger partial charge >= 0.3 is 11.9 Å². The first-order valence-corrected chi connectivity index (χ1v) is 11.8. The lowest BCUT2D eigenvalue weighted by atomic mass is 10.0. The standard InChI is InChI=1S/C21H17F3N4O5S/c1-34(31,32)12-27-19(29)15-9-14(16(21(22,23)24)10-17(15)26-20(27)30)18-7-8-25-28(18)33-11-13-5-3-2-4-6-13/h2-10H,11-12H2,1H3,(H,26,30). The highest BCUT2D eigenvalue weighted by Crippen LogP contribution is 2.38. The van der Waals surface area contributed by atoms with E-state index in [0.717, 1.165) is 22.7 Å². The summed E-state index contributed by atoms with van der Waals surface area (Å²) in [5.74, 6) is -0.925. The van der Waals surface area contributed by atoms with Gasteiger partial charge in [0.2, 0.25) is 0 Å². The second-order valence-electron chi connectivity index (χ2n) is 7.51. The molecule has 2 heterocycles. The Kier molecular flexibility index (Phi) is 5.81. The van der Waals surface area contributed by atoms with E-state index >= 15 is 0 Å². The number of fused-ring (bicyclic) bond motifs is 1. The summed E-state index contributed by atoms with van der Waals surface area (Å²) in [5, 5.41) is 3.62. The van der Waals surface area contributed by atoms with Gasteiger partial charge in [-0.15, -0.1) is 5.10 Å². The van der Waals surface area contributed by atoms with Crippen molar-refractivity contribution in [3.05, 3.63) is 86.7 Å². The second-order valence-corrected chi connectivity index (χ2v) is 9.62. The lowest BCUT2D eigenvalue weighted by Gasteiger charge is -2.16. The van der Waals surface area contributed by atoms with Crippen LogP contribution in [0.2, 0.25) is 0 Å². The molecular weight excluding hydrogens is 477 g/mol. The molecule has 0 amide bonds. The van der Waals surface area contributed by atoms with Gasteiger partial charge in [-0.25, -0.2) is 17.8 Å². The Bertz CT molecular complexity index is 1590. The van der Waals surface area contributed by atoms with Crippen molar-refractivity contribution >= 4 is 20.7 Å². The Morgan fingerprint density at radius 1 is 1.09 bits per heavy atom. The predicted molar refractivity (Wildman–Crippen MR) is 117 cm³/mol. The van der Waals surface area contributed by atoms with Crippen LogP contribution in [0, 0.1) is 0 Å². The summed E-state index contributed by atoms with van der Waals surface area (Å²) >= 11 is 0. The summed E-state index contributed by atoms with van der Waals surface area (Å²) in [5.41, 5.74) is -3.48. The summed E-state index contributed by atoms with van der Waals surface area (Å²) in [6.45, 7) is 0.0128. The largest absolute Gasteiger partial charge is 0.417 e. The predicted octanol–water partition coefficient (Wildman–Crippen LogP) is 2.20. The maximum atomic E-state index is 13.9. The monoisotopic (exact) mass is 494 g/mol. The molecule has 0 aliphatic carbocycles. The van der Waals surface area contributed by atoms with Crippen LogP contribution in [0.25, 0.3) is 22.2 Å². The molecule has 0 unspecified atom stereocenters. The van der Waals surface area contributed by atoms with Crippen LogP contribution >= 0.6 is 0 Å². The summed E-state index contributed by atoms with van der Waals surface area (Å²) in [7, 11) is -3.79. The Morgan fingerprint density at radius 2 is 1.79 bits per heavy atom. The highest BCUT2D eigenvalue weighted by atomic mass is 32.2. The highest BCUT2D eigenvalue weighted by molar-refractivity contribution is 7.89. The first-order valence-electron chi connectivity index (χ1n) is 9.71. The zero-order chi connectivity index (χ0) is 24.7. The molecule has 0 saturated carbocycles. The molecule has 9 nitrogen and oxygen atoms in total.